The average molecular weight is 216 g/mol. The highest BCUT2D eigenvalue weighted by molar-refractivity contribution is 5.72. The van der Waals surface area contributed by atoms with Gasteiger partial charge in [-0.15, -0.1) is 0 Å². The van der Waals surface area contributed by atoms with Crippen LogP contribution in [0.1, 0.15) is 26.3 Å². The van der Waals surface area contributed by atoms with Crippen molar-refractivity contribution < 1.29 is 9.59 Å². The van der Waals surface area contributed by atoms with Crippen molar-refractivity contribution in [1.82, 2.24) is 0 Å². The molecule has 0 saturated carbocycles. The Bertz CT molecular complexity index is 488. The summed E-state index contributed by atoms with van der Waals surface area (Å²) in [6, 6.07) is 5.22. The normalized spacial score (nSPS) is 10.2. The van der Waals surface area contributed by atoms with Gasteiger partial charge >= 0.3 is 0 Å². The summed E-state index contributed by atoms with van der Waals surface area (Å²) >= 11 is 0. The van der Waals surface area contributed by atoms with Crippen LogP contribution in [0.5, 0.6) is 0 Å². The molecular weight excluding hydrogens is 204 g/mol. The highest BCUT2D eigenvalue weighted by Gasteiger charge is 2.19. The molecule has 1 rings (SSSR count). The van der Waals surface area contributed by atoms with Crippen molar-refractivity contribution in [2.24, 2.45) is 9.98 Å². The van der Waals surface area contributed by atoms with Crippen molar-refractivity contribution >= 4 is 23.5 Å². The van der Waals surface area contributed by atoms with Crippen LogP contribution in [0.25, 0.3) is 0 Å². The maximum absolute atomic E-state index is 10.4. The lowest BCUT2D eigenvalue weighted by atomic mass is 9.85. The number of nitrogens with zero attached hydrogens (tertiary/aromatic N) is 2. The molecule has 0 spiro atoms. The lowest BCUT2D eigenvalue weighted by Crippen LogP contribution is -2.11. The van der Waals surface area contributed by atoms with Crippen LogP contribution < -0.4 is 0 Å². The molecule has 0 aliphatic carbocycles. The number of hydrogen-bond acceptors (Lipinski definition) is 4. The van der Waals surface area contributed by atoms with E-state index in [0.29, 0.717) is 11.4 Å². The van der Waals surface area contributed by atoms with E-state index < -0.39 is 0 Å². The molecule has 0 aromatic heterocycles. The Morgan fingerprint density at radius 1 is 1.06 bits per heavy atom. The van der Waals surface area contributed by atoms with Crippen LogP contribution in [0, 0.1) is 0 Å². The molecule has 1 aromatic carbocycles. The minimum atomic E-state index is -0.190. The molecule has 4 heteroatoms. The van der Waals surface area contributed by atoms with E-state index in [1.165, 1.54) is 12.2 Å². The monoisotopic (exact) mass is 216 g/mol. The van der Waals surface area contributed by atoms with E-state index in [1.807, 2.05) is 26.8 Å². The summed E-state index contributed by atoms with van der Waals surface area (Å²) in [6.45, 7) is 5.96. The van der Waals surface area contributed by atoms with Crippen LogP contribution in [0.3, 0.4) is 0 Å². The Kier molecular flexibility index (Phi) is 3.51. The van der Waals surface area contributed by atoms with Crippen LogP contribution in [0.2, 0.25) is 0 Å². The first-order valence-electron chi connectivity index (χ1n) is 4.80. The zero-order valence-electron chi connectivity index (χ0n) is 9.44. The van der Waals surface area contributed by atoms with E-state index >= 15 is 0 Å². The fourth-order valence-corrected chi connectivity index (χ4v) is 1.44. The molecule has 0 aliphatic rings. The summed E-state index contributed by atoms with van der Waals surface area (Å²) in [5, 5.41) is 0. The second-order valence-corrected chi connectivity index (χ2v) is 4.33. The van der Waals surface area contributed by atoms with Gasteiger partial charge in [0, 0.05) is 0 Å². The number of carbonyl (C=O) groups excluding carboxylic acids is 2. The van der Waals surface area contributed by atoms with Gasteiger partial charge in [0.05, 0.1) is 0 Å². The van der Waals surface area contributed by atoms with Crippen LogP contribution in [-0.4, -0.2) is 12.2 Å². The zero-order chi connectivity index (χ0) is 12.2. The Morgan fingerprint density at radius 3 is 2.19 bits per heavy atom. The van der Waals surface area contributed by atoms with Crippen molar-refractivity contribution in [2.45, 2.75) is 26.2 Å². The first-order chi connectivity index (χ1) is 7.50. The van der Waals surface area contributed by atoms with Crippen LogP contribution in [0.15, 0.2) is 28.2 Å². The average Bonchev–Trinajstić information content (AvgIpc) is 2.19. The van der Waals surface area contributed by atoms with Crippen LogP contribution in [-0.2, 0) is 15.0 Å². The first kappa shape index (κ1) is 12.1. The number of isocyanates is 2. The Hall–Kier alpha value is -2.02. The first-order valence-corrected chi connectivity index (χ1v) is 4.80. The standard InChI is InChI=1S/C12H12N2O2/c1-12(2,3)9-5-4-6-10(13-7-15)11(9)14-8-16/h4-6H,1-3H3. The van der Waals surface area contributed by atoms with E-state index in [9.17, 15) is 9.59 Å². The number of para-hydroxylation sites is 1. The molecule has 1 aromatic rings. The summed E-state index contributed by atoms with van der Waals surface area (Å²) in [5.41, 5.74) is 1.37. The molecule has 0 unspecified atom stereocenters. The van der Waals surface area contributed by atoms with Gasteiger partial charge in [-0.3, -0.25) is 0 Å². The van der Waals surface area contributed by atoms with Gasteiger partial charge in [-0.2, -0.15) is 9.98 Å². The van der Waals surface area contributed by atoms with Gasteiger partial charge in [0.2, 0.25) is 12.2 Å². The molecule has 0 radical (unpaired) electrons. The molecule has 82 valence electrons. The smallest absolute Gasteiger partial charge is 0.211 e. The maximum Gasteiger partial charge on any atom is 0.240 e. The number of rotatable bonds is 2. The second-order valence-electron chi connectivity index (χ2n) is 4.33. The molecular formula is C12H12N2O2. The summed E-state index contributed by atoms with van der Waals surface area (Å²) in [7, 11) is 0. The minimum Gasteiger partial charge on any atom is -0.211 e. The number of hydrogen-bond donors (Lipinski definition) is 0. The molecule has 0 atom stereocenters. The van der Waals surface area contributed by atoms with Crippen molar-refractivity contribution in [3.63, 3.8) is 0 Å². The number of benzene rings is 1. The lowest BCUT2D eigenvalue weighted by molar-refractivity contribution is 0.563. The highest BCUT2D eigenvalue weighted by Crippen LogP contribution is 2.38. The van der Waals surface area contributed by atoms with Gasteiger partial charge in [-0.25, -0.2) is 9.59 Å². The van der Waals surface area contributed by atoms with Crippen LogP contribution in [0.4, 0.5) is 11.4 Å². The molecule has 4 nitrogen and oxygen atoms in total. The molecule has 0 fully saturated rings. The van der Waals surface area contributed by atoms with E-state index in [4.69, 9.17) is 0 Å². The summed E-state index contributed by atoms with van der Waals surface area (Å²) in [6.07, 6.45) is 2.93. The molecule has 0 heterocycles. The van der Waals surface area contributed by atoms with Gasteiger partial charge in [0.25, 0.3) is 0 Å². The van der Waals surface area contributed by atoms with Gasteiger partial charge < -0.3 is 0 Å². The summed E-state index contributed by atoms with van der Waals surface area (Å²) in [5.74, 6) is 0. The fraction of sp³-hybridized carbons (Fsp3) is 0.333. The van der Waals surface area contributed by atoms with Crippen molar-refractivity contribution in [2.75, 3.05) is 0 Å². The quantitative estimate of drug-likeness (QED) is 0.563. The summed E-state index contributed by atoms with van der Waals surface area (Å²) < 4.78 is 0. The SMILES string of the molecule is CC(C)(C)c1cccc(N=C=O)c1N=C=O. The van der Waals surface area contributed by atoms with Crippen molar-refractivity contribution in [1.29, 1.82) is 0 Å². The Balaban J connectivity index is 3.56. The number of aliphatic imine (C=N–C) groups is 2. The minimum absolute atomic E-state index is 0.190. The topological polar surface area (TPSA) is 58.9 Å². The fourth-order valence-electron chi connectivity index (χ4n) is 1.44. The van der Waals surface area contributed by atoms with Gasteiger partial charge in [0.15, 0.2) is 0 Å². The van der Waals surface area contributed by atoms with Crippen LogP contribution >= 0.6 is 0 Å². The van der Waals surface area contributed by atoms with E-state index in [0.717, 1.165) is 5.56 Å². The zero-order valence-corrected chi connectivity index (χ0v) is 9.44. The molecule has 16 heavy (non-hydrogen) atoms. The Labute approximate surface area is 93.7 Å². The van der Waals surface area contributed by atoms with E-state index in [1.54, 1.807) is 12.1 Å². The second kappa shape index (κ2) is 4.67. The summed E-state index contributed by atoms with van der Waals surface area (Å²) in [4.78, 5) is 27.8. The predicted molar refractivity (Wildman–Crippen MR) is 60.7 cm³/mol. The maximum atomic E-state index is 10.4. The van der Waals surface area contributed by atoms with E-state index in [-0.39, 0.29) is 5.41 Å². The molecule has 0 bridgehead atoms. The molecule has 0 amide bonds. The van der Waals surface area contributed by atoms with Crippen molar-refractivity contribution in [3.05, 3.63) is 23.8 Å². The largest absolute Gasteiger partial charge is 0.240 e. The molecule has 0 N–H and O–H groups in total. The predicted octanol–water partition coefficient (Wildman–Crippen LogP) is 2.92. The lowest BCUT2D eigenvalue weighted by Gasteiger charge is -2.20. The molecule has 0 saturated heterocycles. The van der Waals surface area contributed by atoms with Gasteiger partial charge in [0.1, 0.15) is 11.4 Å². The molecule has 0 aliphatic heterocycles. The van der Waals surface area contributed by atoms with Gasteiger partial charge in [-0.05, 0) is 17.0 Å². The third kappa shape index (κ3) is 2.51. The van der Waals surface area contributed by atoms with Crippen molar-refractivity contribution in [3.8, 4) is 0 Å². The van der Waals surface area contributed by atoms with E-state index in [2.05, 4.69) is 9.98 Å². The highest BCUT2D eigenvalue weighted by atomic mass is 16.1. The van der Waals surface area contributed by atoms with Gasteiger partial charge in [-0.1, -0.05) is 32.9 Å². The third-order valence-corrected chi connectivity index (χ3v) is 2.15. The Morgan fingerprint density at radius 2 is 1.69 bits per heavy atom. The third-order valence-electron chi connectivity index (χ3n) is 2.15.